The van der Waals surface area contributed by atoms with E-state index in [9.17, 15) is 14.4 Å². The van der Waals surface area contributed by atoms with Crippen LogP contribution < -0.4 is 15.4 Å². The van der Waals surface area contributed by atoms with E-state index in [0.717, 1.165) is 25.0 Å². The molecular formula is C29H40N2O5S. The van der Waals surface area contributed by atoms with Crippen molar-refractivity contribution in [1.82, 2.24) is 10.6 Å². The number of ketones is 1. The van der Waals surface area contributed by atoms with Crippen molar-refractivity contribution in [2.75, 3.05) is 18.9 Å². The molecule has 0 radical (unpaired) electrons. The summed E-state index contributed by atoms with van der Waals surface area (Å²) in [5.74, 6) is 2.90. The average Bonchev–Trinajstić information content (AvgIpc) is 3.44. The predicted octanol–water partition coefficient (Wildman–Crippen LogP) is 5.15. The van der Waals surface area contributed by atoms with Gasteiger partial charge in [-0.25, -0.2) is 0 Å². The lowest BCUT2D eigenvalue weighted by molar-refractivity contribution is -0.127. The Hall–Kier alpha value is -2.74. The Balaban J connectivity index is 1.38. The van der Waals surface area contributed by atoms with Crippen molar-refractivity contribution in [3.8, 4) is 5.75 Å². The molecule has 1 aromatic carbocycles. The number of Topliss-reactive ketones (excluding diaryl/α,β-unsaturated/α-hetero) is 1. The highest BCUT2D eigenvalue weighted by molar-refractivity contribution is 7.99. The van der Waals surface area contributed by atoms with Crippen molar-refractivity contribution in [2.45, 2.75) is 70.1 Å². The third kappa shape index (κ3) is 11.5. The molecule has 3 rings (SSSR count). The molecule has 1 heterocycles. The quantitative estimate of drug-likeness (QED) is 0.313. The topological polar surface area (TPSA) is 97.6 Å². The van der Waals surface area contributed by atoms with E-state index in [4.69, 9.17) is 9.15 Å². The maximum Gasteiger partial charge on any atom is 0.257 e. The second-order valence-electron chi connectivity index (χ2n) is 9.95. The molecule has 7 nitrogen and oxygen atoms in total. The molecule has 0 saturated heterocycles. The van der Waals surface area contributed by atoms with Gasteiger partial charge >= 0.3 is 0 Å². The van der Waals surface area contributed by atoms with Crippen LogP contribution in [0, 0.1) is 11.8 Å². The van der Waals surface area contributed by atoms with Gasteiger partial charge in [0.15, 0.2) is 12.4 Å². The van der Waals surface area contributed by atoms with Crippen LogP contribution in [-0.2, 0) is 20.1 Å². The second kappa shape index (κ2) is 16.2. The highest BCUT2D eigenvalue weighted by Gasteiger charge is 2.26. The van der Waals surface area contributed by atoms with E-state index < -0.39 is 6.04 Å². The Labute approximate surface area is 224 Å². The number of benzene rings is 1. The number of hydrogen-bond donors (Lipinski definition) is 2. The third-order valence-electron chi connectivity index (χ3n) is 6.71. The fourth-order valence-electron chi connectivity index (χ4n) is 4.53. The zero-order valence-corrected chi connectivity index (χ0v) is 22.6. The molecule has 2 N–H and O–H groups in total. The van der Waals surface area contributed by atoms with E-state index >= 15 is 0 Å². The van der Waals surface area contributed by atoms with Gasteiger partial charge in [-0.2, -0.15) is 0 Å². The summed E-state index contributed by atoms with van der Waals surface area (Å²) in [5.41, 5.74) is 0. The van der Waals surface area contributed by atoms with Gasteiger partial charge in [0, 0.05) is 13.0 Å². The number of para-hydroxylation sites is 1. The highest BCUT2D eigenvalue weighted by Crippen LogP contribution is 2.28. The largest absolute Gasteiger partial charge is 0.484 e. The fraction of sp³-hybridized carbons (Fsp3) is 0.552. The van der Waals surface area contributed by atoms with Gasteiger partial charge in [0.2, 0.25) is 5.91 Å². The molecule has 1 aliphatic rings. The van der Waals surface area contributed by atoms with E-state index in [1.165, 1.54) is 31.0 Å². The molecule has 0 aliphatic heterocycles. The van der Waals surface area contributed by atoms with Gasteiger partial charge in [-0.1, -0.05) is 57.2 Å². The second-order valence-corrected chi connectivity index (χ2v) is 10.9. The highest BCUT2D eigenvalue weighted by atomic mass is 32.2. The summed E-state index contributed by atoms with van der Waals surface area (Å²) in [6.45, 7) is 2.43. The Morgan fingerprint density at radius 2 is 1.84 bits per heavy atom. The smallest absolute Gasteiger partial charge is 0.257 e. The summed E-state index contributed by atoms with van der Waals surface area (Å²) in [4.78, 5) is 37.9. The molecule has 1 aliphatic carbocycles. The summed E-state index contributed by atoms with van der Waals surface area (Å²) in [5, 5.41) is 5.90. The zero-order chi connectivity index (χ0) is 26.3. The van der Waals surface area contributed by atoms with Gasteiger partial charge in [0.05, 0.1) is 23.8 Å². The van der Waals surface area contributed by atoms with Gasteiger partial charge in [-0.05, 0) is 48.9 Å². The van der Waals surface area contributed by atoms with Crippen molar-refractivity contribution in [3.05, 3.63) is 54.5 Å². The van der Waals surface area contributed by atoms with Crippen LogP contribution in [0.4, 0.5) is 0 Å². The molecule has 0 bridgehead atoms. The summed E-state index contributed by atoms with van der Waals surface area (Å²) in [6, 6.07) is 12.5. The van der Waals surface area contributed by atoms with Crippen LogP contribution in [0.1, 0.15) is 64.1 Å². The number of thioether (sulfide) groups is 1. The molecule has 1 fully saturated rings. The Bertz CT molecular complexity index is 944. The van der Waals surface area contributed by atoms with E-state index in [2.05, 4.69) is 10.6 Å². The van der Waals surface area contributed by atoms with Gasteiger partial charge in [0.1, 0.15) is 11.5 Å². The fourth-order valence-corrected chi connectivity index (χ4v) is 5.40. The van der Waals surface area contributed by atoms with Gasteiger partial charge < -0.3 is 19.8 Å². The SMILES string of the molecule is C[C@@H](CCC(=O)N[C@@H](CC1CCCCC1)C(=O)CSCc1ccco1)CNC(=O)COc1ccccc1. The van der Waals surface area contributed by atoms with Crippen molar-refractivity contribution >= 4 is 29.4 Å². The van der Waals surface area contributed by atoms with E-state index in [-0.39, 0.29) is 30.1 Å². The first-order valence-electron chi connectivity index (χ1n) is 13.4. The molecule has 2 atom stereocenters. The van der Waals surface area contributed by atoms with Crippen LogP contribution in [0.25, 0.3) is 0 Å². The Kier molecular flexibility index (Phi) is 12.6. The lowest BCUT2D eigenvalue weighted by Gasteiger charge is -2.26. The van der Waals surface area contributed by atoms with E-state index in [1.54, 1.807) is 18.4 Å². The minimum Gasteiger partial charge on any atom is -0.484 e. The van der Waals surface area contributed by atoms with Crippen LogP contribution in [0.2, 0.25) is 0 Å². The molecular weight excluding hydrogens is 488 g/mol. The van der Waals surface area contributed by atoms with Crippen molar-refractivity contribution in [2.24, 2.45) is 11.8 Å². The molecule has 1 aromatic heterocycles. The number of nitrogens with one attached hydrogen (secondary N) is 2. The lowest BCUT2D eigenvalue weighted by Crippen LogP contribution is -2.43. The molecule has 8 heteroatoms. The number of furan rings is 1. The Morgan fingerprint density at radius 3 is 2.57 bits per heavy atom. The maximum atomic E-state index is 13.0. The number of rotatable bonds is 16. The van der Waals surface area contributed by atoms with E-state index in [0.29, 0.717) is 42.6 Å². The molecule has 2 aromatic rings. The normalized spacial score (nSPS) is 15.5. The summed E-state index contributed by atoms with van der Waals surface area (Å²) in [6.07, 6.45) is 9.22. The number of hydrogen-bond acceptors (Lipinski definition) is 6. The average molecular weight is 529 g/mol. The first-order valence-corrected chi connectivity index (χ1v) is 14.5. The first kappa shape index (κ1) is 28.8. The van der Waals surface area contributed by atoms with Crippen LogP contribution in [-0.4, -0.2) is 42.5 Å². The number of ether oxygens (including phenoxy) is 1. The number of amides is 2. The van der Waals surface area contributed by atoms with Crippen molar-refractivity contribution in [1.29, 1.82) is 0 Å². The van der Waals surface area contributed by atoms with Gasteiger partial charge in [-0.3, -0.25) is 14.4 Å². The van der Waals surface area contributed by atoms with Gasteiger partial charge in [-0.15, -0.1) is 11.8 Å². The van der Waals surface area contributed by atoms with Crippen LogP contribution >= 0.6 is 11.8 Å². The van der Waals surface area contributed by atoms with Gasteiger partial charge in [0.25, 0.3) is 5.91 Å². The summed E-state index contributed by atoms with van der Waals surface area (Å²) >= 11 is 1.52. The zero-order valence-electron chi connectivity index (χ0n) is 21.8. The monoisotopic (exact) mass is 528 g/mol. The first-order chi connectivity index (χ1) is 18.0. The lowest BCUT2D eigenvalue weighted by atomic mass is 9.84. The minimum atomic E-state index is -0.440. The standard InChI is InChI=1S/C29H40N2O5S/c1-22(18-30-29(34)19-36-24-11-6-3-7-12-24)14-15-28(33)31-26(17-23-9-4-2-5-10-23)27(32)21-37-20-25-13-8-16-35-25/h3,6-8,11-13,16,22-23,26H,2,4-5,9-10,14-15,17-21H2,1H3,(H,30,34)(H,31,33)/t22-,26-/m0/s1. The molecule has 1 saturated carbocycles. The molecule has 0 unspecified atom stereocenters. The maximum absolute atomic E-state index is 13.0. The minimum absolute atomic E-state index is 0.0416. The third-order valence-corrected chi connectivity index (χ3v) is 7.69. The molecule has 0 spiro atoms. The summed E-state index contributed by atoms with van der Waals surface area (Å²) in [7, 11) is 0. The molecule has 2 amide bonds. The van der Waals surface area contributed by atoms with Crippen LogP contribution in [0.15, 0.2) is 53.1 Å². The van der Waals surface area contributed by atoms with Crippen molar-refractivity contribution < 1.29 is 23.5 Å². The number of carbonyl (C=O) groups is 3. The Morgan fingerprint density at radius 1 is 1.05 bits per heavy atom. The summed E-state index contributed by atoms with van der Waals surface area (Å²) < 4.78 is 10.8. The number of carbonyl (C=O) groups excluding carboxylic acids is 3. The molecule has 202 valence electrons. The van der Waals surface area contributed by atoms with E-state index in [1.807, 2.05) is 37.3 Å². The van der Waals surface area contributed by atoms with Crippen LogP contribution in [0.5, 0.6) is 5.75 Å². The molecule has 37 heavy (non-hydrogen) atoms. The predicted molar refractivity (Wildman–Crippen MR) is 146 cm³/mol. The van der Waals surface area contributed by atoms with Crippen LogP contribution in [0.3, 0.4) is 0 Å². The van der Waals surface area contributed by atoms with Crippen molar-refractivity contribution in [3.63, 3.8) is 0 Å².